The second-order valence-corrected chi connectivity index (χ2v) is 6.33. The molecule has 0 saturated heterocycles. The SMILES string of the molecule is Cc1cc(OCC(=O)NN=Cc2ccc(N(C)C)cc2)ccc1Br. The van der Waals surface area contributed by atoms with E-state index in [1.807, 2.05) is 62.3 Å². The van der Waals surface area contributed by atoms with Crippen molar-refractivity contribution in [3.63, 3.8) is 0 Å². The fourth-order valence-corrected chi connectivity index (χ4v) is 2.17. The molecule has 5 nitrogen and oxygen atoms in total. The van der Waals surface area contributed by atoms with Crippen LogP contribution in [0.25, 0.3) is 0 Å². The van der Waals surface area contributed by atoms with Crippen molar-refractivity contribution in [3.8, 4) is 5.75 Å². The number of nitrogens with one attached hydrogen (secondary N) is 1. The normalized spacial score (nSPS) is 10.7. The summed E-state index contributed by atoms with van der Waals surface area (Å²) < 4.78 is 6.44. The maximum absolute atomic E-state index is 11.7. The molecule has 2 aromatic carbocycles. The van der Waals surface area contributed by atoms with Gasteiger partial charge in [-0.1, -0.05) is 28.1 Å². The third kappa shape index (κ3) is 5.38. The van der Waals surface area contributed by atoms with E-state index in [0.717, 1.165) is 21.3 Å². The molecule has 0 aliphatic heterocycles. The van der Waals surface area contributed by atoms with E-state index in [0.29, 0.717) is 5.75 Å². The van der Waals surface area contributed by atoms with E-state index in [1.54, 1.807) is 12.3 Å². The maximum Gasteiger partial charge on any atom is 0.277 e. The topological polar surface area (TPSA) is 53.9 Å². The summed E-state index contributed by atoms with van der Waals surface area (Å²) in [5.74, 6) is 0.339. The Morgan fingerprint density at radius 2 is 1.96 bits per heavy atom. The summed E-state index contributed by atoms with van der Waals surface area (Å²) >= 11 is 3.42. The molecule has 1 amide bonds. The number of hydrogen-bond donors (Lipinski definition) is 1. The van der Waals surface area contributed by atoms with Gasteiger partial charge in [-0.05, 0) is 48.4 Å². The molecule has 0 radical (unpaired) electrons. The average molecular weight is 390 g/mol. The second-order valence-electron chi connectivity index (χ2n) is 5.48. The lowest BCUT2D eigenvalue weighted by atomic mass is 10.2. The largest absolute Gasteiger partial charge is 0.484 e. The monoisotopic (exact) mass is 389 g/mol. The lowest BCUT2D eigenvalue weighted by molar-refractivity contribution is -0.123. The maximum atomic E-state index is 11.7. The van der Waals surface area contributed by atoms with Crippen LogP contribution in [0, 0.1) is 6.92 Å². The summed E-state index contributed by atoms with van der Waals surface area (Å²) in [4.78, 5) is 13.8. The molecule has 0 heterocycles. The van der Waals surface area contributed by atoms with Crippen molar-refractivity contribution < 1.29 is 9.53 Å². The number of nitrogens with zero attached hydrogens (tertiary/aromatic N) is 2. The number of anilines is 1. The minimum Gasteiger partial charge on any atom is -0.484 e. The molecule has 0 aliphatic carbocycles. The van der Waals surface area contributed by atoms with Crippen LogP contribution in [0.15, 0.2) is 52.0 Å². The van der Waals surface area contributed by atoms with Crippen molar-refractivity contribution in [1.82, 2.24) is 5.43 Å². The van der Waals surface area contributed by atoms with Crippen molar-refractivity contribution in [1.29, 1.82) is 0 Å². The number of carbonyl (C=O) groups is 1. The average Bonchev–Trinajstić information content (AvgIpc) is 2.56. The molecule has 0 aliphatic rings. The molecule has 2 aromatic rings. The summed E-state index contributed by atoms with van der Waals surface area (Å²) in [7, 11) is 3.96. The molecule has 2 rings (SSSR count). The first kappa shape index (κ1) is 18.0. The zero-order chi connectivity index (χ0) is 17.5. The van der Waals surface area contributed by atoms with E-state index in [1.165, 1.54) is 0 Å². The van der Waals surface area contributed by atoms with Crippen LogP contribution in [0.4, 0.5) is 5.69 Å². The third-order valence-corrected chi connectivity index (χ3v) is 4.20. The van der Waals surface area contributed by atoms with Crippen molar-refractivity contribution in [2.24, 2.45) is 5.10 Å². The van der Waals surface area contributed by atoms with Gasteiger partial charge in [-0.3, -0.25) is 4.79 Å². The van der Waals surface area contributed by atoms with Crippen LogP contribution < -0.4 is 15.1 Å². The van der Waals surface area contributed by atoms with Gasteiger partial charge in [0.05, 0.1) is 6.21 Å². The molecule has 0 aromatic heterocycles. The fraction of sp³-hybridized carbons (Fsp3) is 0.222. The summed E-state index contributed by atoms with van der Waals surface area (Å²) in [5, 5.41) is 3.93. The van der Waals surface area contributed by atoms with Gasteiger partial charge in [0.15, 0.2) is 6.61 Å². The molecule has 6 heteroatoms. The van der Waals surface area contributed by atoms with Crippen LogP contribution >= 0.6 is 15.9 Å². The third-order valence-electron chi connectivity index (χ3n) is 3.31. The Labute approximate surface area is 150 Å². The molecule has 0 saturated carbocycles. The van der Waals surface area contributed by atoms with Crippen molar-refractivity contribution in [2.75, 3.05) is 25.6 Å². The first-order valence-electron chi connectivity index (χ1n) is 7.44. The van der Waals surface area contributed by atoms with Crippen LogP contribution in [0.2, 0.25) is 0 Å². The van der Waals surface area contributed by atoms with Gasteiger partial charge in [0.25, 0.3) is 5.91 Å². The number of rotatable bonds is 6. The number of hydrazone groups is 1. The minimum atomic E-state index is -0.309. The summed E-state index contributed by atoms with van der Waals surface area (Å²) in [6, 6.07) is 13.4. The Balaban J connectivity index is 1.80. The van der Waals surface area contributed by atoms with E-state index in [2.05, 4.69) is 26.5 Å². The number of carbonyl (C=O) groups excluding carboxylic acids is 1. The lowest BCUT2D eigenvalue weighted by Crippen LogP contribution is -2.24. The predicted octanol–water partition coefficient (Wildman–Crippen LogP) is 3.35. The Kier molecular flexibility index (Phi) is 6.37. The first-order valence-corrected chi connectivity index (χ1v) is 8.23. The van der Waals surface area contributed by atoms with Crippen LogP contribution in [0.5, 0.6) is 5.75 Å². The second kappa shape index (κ2) is 8.49. The van der Waals surface area contributed by atoms with E-state index in [-0.39, 0.29) is 12.5 Å². The molecule has 126 valence electrons. The van der Waals surface area contributed by atoms with Gasteiger partial charge in [0.1, 0.15) is 5.75 Å². The lowest BCUT2D eigenvalue weighted by Gasteiger charge is -2.11. The minimum absolute atomic E-state index is 0.0853. The smallest absolute Gasteiger partial charge is 0.277 e. The molecule has 24 heavy (non-hydrogen) atoms. The van der Waals surface area contributed by atoms with Crippen molar-refractivity contribution in [3.05, 3.63) is 58.1 Å². The number of ether oxygens (including phenoxy) is 1. The van der Waals surface area contributed by atoms with Gasteiger partial charge in [-0.2, -0.15) is 5.10 Å². The zero-order valence-corrected chi connectivity index (χ0v) is 15.5. The first-order chi connectivity index (χ1) is 11.5. The quantitative estimate of drug-likeness (QED) is 0.608. The van der Waals surface area contributed by atoms with Gasteiger partial charge in [-0.15, -0.1) is 0 Å². The van der Waals surface area contributed by atoms with Crippen LogP contribution in [0.1, 0.15) is 11.1 Å². The van der Waals surface area contributed by atoms with Crippen LogP contribution in [-0.4, -0.2) is 32.8 Å². The highest BCUT2D eigenvalue weighted by atomic mass is 79.9. The standard InChI is InChI=1S/C18H20BrN3O2/c1-13-10-16(8-9-17(13)19)24-12-18(23)21-20-11-14-4-6-15(7-5-14)22(2)3/h4-11H,12H2,1-3H3,(H,21,23). The van der Waals surface area contributed by atoms with E-state index < -0.39 is 0 Å². The summed E-state index contributed by atoms with van der Waals surface area (Å²) in [6.07, 6.45) is 1.60. The summed E-state index contributed by atoms with van der Waals surface area (Å²) in [6.45, 7) is 1.88. The number of aryl methyl sites for hydroxylation is 1. The molecular formula is C18H20BrN3O2. The molecular weight excluding hydrogens is 370 g/mol. The molecule has 0 atom stereocenters. The van der Waals surface area contributed by atoms with Gasteiger partial charge in [-0.25, -0.2) is 5.43 Å². The van der Waals surface area contributed by atoms with Crippen LogP contribution in [0.3, 0.4) is 0 Å². The molecule has 0 unspecified atom stereocenters. The van der Waals surface area contributed by atoms with E-state index in [4.69, 9.17) is 4.74 Å². The van der Waals surface area contributed by atoms with E-state index in [9.17, 15) is 4.79 Å². The number of benzene rings is 2. The number of halogens is 1. The highest BCUT2D eigenvalue weighted by Crippen LogP contribution is 2.21. The Hall–Kier alpha value is -2.34. The highest BCUT2D eigenvalue weighted by molar-refractivity contribution is 9.10. The Morgan fingerprint density at radius 1 is 1.25 bits per heavy atom. The van der Waals surface area contributed by atoms with E-state index >= 15 is 0 Å². The van der Waals surface area contributed by atoms with Crippen molar-refractivity contribution in [2.45, 2.75) is 6.92 Å². The molecule has 0 spiro atoms. The Bertz CT molecular complexity index is 728. The molecule has 1 N–H and O–H groups in total. The molecule has 0 fully saturated rings. The predicted molar refractivity (Wildman–Crippen MR) is 101 cm³/mol. The molecule has 0 bridgehead atoms. The van der Waals surface area contributed by atoms with Crippen molar-refractivity contribution >= 4 is 33.7 Å². The number of hydrogen-bond acceptors (Lipinski definition) is 4. The fourth-order valence-electron chi connectivity index (χ4n) is 1.93. The highest BCUT2D eigenvalue weighted by Gasteiger charge is 2.03. The number of amides is 1. The van der Waals surface area contributed by atoms with Crippen LogP contribution in [-0.2, 0) is 4.79 Å². The Morgan fingerprint density at radius 3 is 2.58 bits per heavy atom. The van der Waals surface area contributed by atoms with Gasteiger partial charge in [0.2, 0.25) is 0 Å². The van der Waals surface area contributed by atoms with Gasteiger partial charge >= 0.3 is 0 Å². The van der Waals surface area contributed by atoms with Gasteiger partial charge < -0.3 is 9.64 Å². The summed E-state index contributed by atoms with van der Waals surface area (Å²) in [5.41, 5.74) is 5.51. The zero-order valence-electron chi connectivity index (χ0n) is 13.9. The van der Waals surface area contributed by atoms with Gasteiger partial charge in [0, 0.05) is 24.3 Å².